The lowest BCUT2D eigenvalue weighted by Crippen LogP contribution is -2.12. The Labute approximate surface area is 203 Å². The van der Waals surface area contributed by atoms with Crippen LogP contribution in [0.25, 0.3) is 43.6 Å². The molecule has 35 heavy (non-hydrogen) atoms. The fraction of sp³-hybridized carbons (Fsp3) is 0.133. The van der Waals surface area contributed by atoms with Gasteiger partial charge < -0.3 is 4.74 Å². The van der Waals surface area contributed by atoms with E-state index in [2.05, 4.69) is 32.0 Å². The Bertz CT molecular complexity index is 1720. The second-order valence-corrected chi connectivity index (χ2v) is 8.59. The second-order valence-electron chi connectivity index (χ2n) is 8.59. The van der Waals surface area contributed by atoms with Crippen molar-refractivity contribution in [2.75, 3.05) is 6.61 Å². The summed E-state index contributed by atoms with van der Waals surface area (Å²) in [4.78, 5) is 23.3. The quantitative estimate of drug-likeness (QED) is 0.255. The maximum absolute atomic E-state index is 12.2. The van der Waals surface area contributed by atoms with Gasteiger partial charge in [0.2, 0.25) is 6.41 Å². The molecule has 2 heterocycles. The summed E-state index contributed by atoms with van der Waals surface area (Å²) in [7, 11) is 0. The van der Waals surface area contributed by atoms with E-state index in [4.69, 9.17) is 4.74 Å². The first-order chi connectivity index (χ1) is 17.0. The molecule has 0 fully saturated rings. The molecular weight excluding hydrogens is 436 g/mol. The zero-order valence-corrected chi connectivity index (χ0v) is 20.0. The van der Waals surface area contributed by atoms with Crippen LogP contribution >= 0.6 is 0 Å². The minimum atomic E-state index is -0.322. The van der Waals surface area contributed by atoms with Crippen molar-refractivity contribution in [3.8, 4) is 0 Å². The van der Waals surface area contributed by atoms with E-state index in [-0.39, 0.29) is 6.09 Å². The van der Waals surface area contributed by atoms with E-state index in [0.717, 1.165) is 50.0 Å². The van der Waals surface area contributed by atoms with Gasteiger partial charge in [0, 0.05) is 21.5 Å². The molecule has 4 aromatic carbocycles. The van der Waals surface area contributed by atoms with Gasteiger partial charge in [0.15, 0.2) is 0 Å². The van der Waals surface area contributed by atoms with Crippen LogP contribution in [0.2, 0.25) is 0 Å². The van der Waals surface area contributed by atoms with Crippen molar-refractivity contribution in [2.45, 2.75) is 20.8 Å². The highest BCUT2D eigenvalue weighted by Gasteiger charge is 2.16. The first-order valence-electron chi connectivity index (χ1n) is 11.6. The smallest absolute Gasteiger partial charge is 0.418 e. The predicted octanol–water partition coefficient (Wildman–Crippen LogP) is 7.25. The zero-order chi connectivity index (χ0) is 24.5. The molecule has 0 spiro atoms. The number of fused-ring (bicyclic) bond motifs is 6. The molecule has 0 aliphatic rings. The number of aromatic nitrogens is 2. The van der Waals surface area contributed by atoms with Crippen LogP contribution in [-0.4, -0.2) is 28.2 Å². The number of nitrogens with zero attached hydrogens (tertiary/aromatic N) is 2. The number of hydrogen-bond acceptors (Lipinski definition) is 3. The first kappa shape index (κ1) is 22.4. The molecule has 0 aliphatic carbocycles. The summed E-state index contributed by atoms with van der Waals surface area (Å²) < 4.78 is 8.50. The van der Waals surface area contributed by atoms with Gasteiger partial charge in [-0.15, -0.1) is 0 Å². The monoisotopic (exact) mass is 462 g/mol. The fourth-order valence-corrected chi connectivity index (χ4v) is 4.70. The molecule has 0 saturated heterocycles. The van der Waals surface area contributed by atoms with E-state index < -0.39 is 0 Å². The minimum absolute atomic E-state index is 0.322. The number of benzene rings is 4. The third-order valence-electron chi connectivity index (χ3n) is 6.25. The Morgan fingerprint density at radius 1 is 0.714 bits per heavy atom. The number of hydrogen-bond donors (Lipinski definition) is 0. The van der Waals surface area contributed by atoms with Gasteiger partial charge in [-0.2, -0.15) is 0 Å². The highest BCUT2D eigenvalue weighted by atomic mass is 16.5. The topological polar surface area (TPSA) is 53.2 Å². The lowest BCUT2D eigenvalue weighted by atomic mass is 10.1. The van der Waals surface area contributed by atoms with Gasteiger partial charge in [0.25, 0.3) is 0 Å². The Morgan fingerprint density at radius 3 is 1.83 bits per heavy atom. The lowest BCUT2D eigenvalue weighted by Gasteiger charge is -2.05. The van der Waals surface area contributed by atoms with Gasteiger partial charge in [-0.3, -0.25) is 9.36 Å². The molecule has 6 aromatic rings. The van der Waals surface area contributed by atoms with Gasteiger partial charge in [-0.05, 0) is 57.2 Å². The Morgan fingerprint density at radius 2 is 1.20 bits per heavy atom. The molecule has 0 N–H and O–H groups in total. The fourth-order valence-electron chi connectivity index (χ4n) is 4.70. The molecule has 174 valence electrons. The van der Waals surface area contributed by atoms with Crippen molar-refractivity contribution >= 4 is 56.1 Å². The van der Waals surface area contributed by atoms with Crippen LogP contribution in [0.5, 0.6) is 0 Å². The highest BCUT2D eigenvalue weighted by Crippen LogP contribution is 2.30. The molecular formula is C30H26N2O3. The van der Waals surface area contributed by atoms with Crippen LogP contribution < -0.4 is 0 Å². The van der Waals surface area contributed by atoms with Crippen molar-refractivity contribution in [3.63, 3.8) is 0 Å². The molecule has 0 radical (unpaired) electrons. The van der Waals surface area contributed by atoms with Crippen LogP contribution in [0.4, 0.5) is 4.79 Å². The van der Waals surface area contributed by atoms with Gasteiger partial charge in [-0.25, -0.2) is 9.36 Å². The van der Waals surface area contributed by atoms with Crippen molar-refractivity contribution in [3.05, 3.63) is 96.1 Å². The second kappa shape index (κ2) is 9.11. The molecule has 0 unspecified atom stereocenters. The molecule has 0 bridgehead atoms. The molecule has 6 rings (SSSR count). The van der Waals surface area contributed by atoms with Crippen LogP contribution in [0.3, 0.4) is 0 Å². The third-order valence-corrected chi connectivity index (χ3v) is 6.25. The molecule has 0 saturated carbocycles. The van der Waals surface area contributed by atoms with E-state index in [0.29, 0.717) is 6.61 Å². The van der Waals surface area contributed by atoms with Gasteiger partial charge in [0.1, 0.15) is 0 Å². The average Bonchev–Trinajstić information content (AvgIpc) is 3.36. The molecule has 0 amide bonds. The molecule has 0 atom stereocenters. The summed E-state index contributed by atoms with van der Waals surface area (Å²) in [5.74, 6) is 0. The van der Waals surface area contributed by atoms with Crippen molar-refractivity contribution < 1.29 is 14.3 Å². The van der Waals surface area contributed by atoms with Gasteiger partial charge >= 0.3 is 6.09 Å². The molecule has 5 nitrogen and oxygen atoms in total. The Balaban J connectivity index is 0.000000147. The Kier molecular flexibility index (Phi) is 5.83. The summed E-state index contributed by atoms with van der Waals surface area (Å²) in [6.07, 6.45) is 0.553. The number of carbonyl (C=O) groups is 2. The van der Waals surface area contributed by atoms with E-state index in [1.807, 2.05) is 73.7 Å². The number of para-hydroxylation sites is 2. The number of rotatable bonds is 2. The molecule has 5 heteroatoms. The normalized spacial score (nSPS) is 11.1. The molecule has 0 aliphatic heterocycles. The maximum Gasteiger partial charge on any atom is 0.418 e. The van der Waals surface area contributed by atoms with Crippen LogP contribution in [0.15, 0.2) is 84.9 Å². The van der Waals surface area contributed by atoms with Crippen LogP contribution in [-0.2, 0) is 9.53 Å². The van der Waals surface area contributed by atoms with E-state index in [1.165, 1.54) is 11.1 Å². The summed E-state index contributed by atoms with van der Waals surface area (Å²) in [6, 6.07) is 28.1. The molecule has 2 aromatic heterocycles. The highest BCUT2D eigenvalue weighted by molar-refractivity contribution is 6.13. The van der Waals surface area contributed by atoms with Crippen molar-refractivity contribution in [1.29, 1.82) is 0 Å². The largest absolute Gasteiger partial charge is 0.449 e. The summed E-state index contributed by atoms with van der Waals surface area (Å²) in [5, 5.41) is 4.44. The number of carbonyl (C=O) groups excluding carboxylic acids is 2. The van der Waals surface area contributed by atoms with Gasteiger partial charge in [-0.1, -0.05) is 59.7 Å². The van der Waals surface area contributed by atoms with E-state index >= 15 is 0 Å². The minimum Gasteiger partial charge on any atom is -0.449 e. The first-order valence-corrected chi connectivity index (χ1v) is 11.6. The maximum atomic E-state index is 12.2. The summed E-state index contributed by atoms with van der Waals surface area (Å²) in [6.45, 7) is 6.30. The predicted molar refractivity (Wildman–Crippen MR) is 143 cm³/mol. The standard InChI is InChI=1S/C16H15NO2.C14H11NO/c1-3-19-16(18)17-14-7-5-4-6-12(14)13-10-11(2)8-9-15(13)17;1-10-6-7-14-12(8-10)11-4-2-3-5-13(11)15(14)9-16/h4-10H,3H2,1-2H3;2-9H,1H3. The number of ether oxygens (including phenoxy) is 1. The van der Waals surface area contributed by atoms with Crippen molar-refractivity contribution in [1.82, 2.24) is 9.13 Å². The van der Waals surface area contributed by atoms with Crippen LogP contribution in [0.1, 0.15) is 18.1 Å². The van der Waals surface area contributed by atoms with E-state index in [1.54, 1.807) is 9.13 Å². The average molecular weight is 463 g/mol. The summed E-state index contributed by atoms with van der Waals surface area (Å²) >= 11 is 0. The van der Waals surface area contributed by atoms with Gasteiger partial charge in [0.05, 0.1) is 28.7 Å². The Hall–Kier alpha value is -4.38. The third kappa shape index (κ3) is 3.85. The van der Waals surface area contributed by atoms with E-state index in [9.17, 15) is 9.59 Å². The van der Waals surface area contributed by atoms with Crippen LogP contribution in [0, 0.1) is 13.8 Å². The zero-order valence-electron chi connectivity index (χ0n) is 20.0. The van der Waals surface area contributed by atoms with Crippen molar-refractivity contribution in [2.24, 2.45) is 0 Å². The number of aryl methyl sites for hydroxylation is 2. The lowest BCUT2D eigenvalue weighted by molar-refractivity contribution is 0.156. The summed E-state index contributed by atoms with van der Waals surface area (Å²) in [5.41, 5.74) is 6.12. The SMILES string of the molecule is CCOC(=O)n1c2ccccc2c2cc(C)ccc21.Cc1ccc2c(c1)c1ccccc1n2C=O.